The third-order valence-corrected chi connectivity index (χ3v) is 3.40. The van der Waals surface area contributed by atoms with E-state index in [0.717, 1.165) is 11.3 Å². The number of hydrogen-bond acceptors (Lipinski definition) is 2. The minimum absolute atomic E-state index is 0.195. The van der Waals surface area contributed by atoms with Gasteiger partial charge in [-0.1, -0.05) is 42.4 Å². The molecule has 0 atom stereocenters. The van der Waals surface area contributed by atoms with Crippen LogP contribution >= 0.6 is 11.6 Å². The molecule has 2 rings (SSSR count). The molecule has 3 nitrogen and oxygen atoms in total. The van der Waals surface area contributed by atoms with Gasteiger partial charge in [0.05, 0.1) is 24.4 Å². The van der Waals surface area contributed by atoms with E-state index in [-0.39, 0.29) is 5.91 Å². The van der Waals surface area contributed by atoms with Crippen LogP contribution < -0.4 is 9.64 Å². The van der Waals surface area contributed by atoms with Gasteiger partial charge in [-0.2, -0.15) is 0 Å². The quantitative estimate of drug-likeness (QED) is 0.779. The first-order valence-electron chi connectivity index (χ1n) is 6.47. The van der Waals surface area contributed by atoms with Crippen LogP contribution in [0.3, 0.4) is 0 Å². The van der Waals surface area contributed by atoms with Gasteiger partial charge in [0.15, 0.2) is 0 Å². The topological polar surface area (TPSA) is 29.5 Å². The van der Waals surface area contributed by atoms with Gasteiger partial charge in [-0.3, -0.25) is 4.79 Å². The second kappa shape index (κ2) is 6.95. The van der Waals surface area contributed by atoms with Crippen molar-refractivity contribution in [1.82, 2.24) is 0 Å². The molecule has 2 aromatic rings. The fraction of sp³-hybridized carbons (Fsp3) is 0.118. The zero-order chi connectivity index (χ0) is 15.2. The smallest absolute Gasteiger partial charge is 0.250 e. The van der Waals surface area contributed by atoms with Crippen molar-refractivity contribution in [2.24, 2.45) is 0 Å². The number of methoxy groups -OCH3 is 1. The molecule has 0 aliphatic heterocycles. The normalized spacial score (nSPS) is 10.0. The van der Waals surface area contributed by atoms with Gasteiger partial charge >= 0.3 is 0 Å². The Morgan fingerprint density at radius 3 is 2.48 bits per heavy atom. The average Bonchev–Trinajstić information content (AvgIpc) is 2.53. The molecule has 0 saturated carbocycles. The molecule has 0 aliphatic rings. The number of rotatable bonds is 5. The van der Waals surface area contributed by atoms with Crippen LogP contribution in [0.4, 0.5) is 5.69 Å². The third-order valence-electron chi connectivity index (χ3n) is 3.08. The van der Waals surface area contributed by atoms with Crippen molar-refractivity contribution in [2.75, 3.05) is 12.0 Å². The van der Waals surface area contributed by atoms with E-state index in [1.54, 1.807) is 18.1 Å². The van der Waals surface area contributed by atoms with E-state index in [4.69, 9.17) is 16.3 Å². The van der Waals surface area contributed by atoms with E-state index < -0.39 is 0 Å². The number of ether oxygens (including phenoxy) is 1. The van der Waals surface area contributed by atoms with Crippen molar-refractivity contribution in [3.63, 3.8) is 0 Å². The largest absolute Gasteiger partial charge is 0.497 e. The Labute approximate surface area is 129 Å². The molecule has 2 aromatic carbocycles. The Kier molecular flexibility index (Phi) is 5.01. The Morgan fingerprint density at radius 2 is 1.90 bits per heavy atom. The van der Waals surface area contributed by atoms with E-state index in [1.165, 1.54) is 6.08 Å². The molecule has 0 aliphatic carbocycles. The fourth-order valence-corrected chi connectivity index (χ4v) is 2.21. The van der Waals surface area contributed by atoms with Crippen LogP contribution in [0.25, 0.3) is 0 Å². The van der Waals surface area contributed by atoms with E-state index in [2.05, 4.69) is 6.58 Å². The van der Waals surface area contributed by atoms with Crippen molar-refractivity contribution in [3.05, 3.63) is 71.8 Å². The van der Waals surface area contributed by atoms with Crippen LogP contribution in [0.2, 0.25) is 5.02 Å². The van der Waals surface area contributed by atoms with E-state index in [1.807, 2.05) is 42.5 Å². The third kappa shape index (κ3) is 3.64. The molecule has 0 heterocycles. The van der Waals surface area contributed by atoms with Gasteiger partial charge in [0.1, 0.15) is 5.75 Å². The summed E-state index contributed by atoms with van der Waals surface area (Å²) in [6.45, 7) is 3.97. The second-order valence-corrected chi connectivity index (χ2v) is 4.84. The average molecular weight is 302 g/mol. The fourth-order valence-electron chi connectivity index (χ4n) is 1.98. The Balaban J connectivity index is 2.30. The number of carbonyl (C=O) groups is 1. The SMILES string of the molecule is C=CC(=O)N(Cc1ccc(OC)cc1)c1ccccc1Cl. The maximum absolute atomic E-state index is 12.1. The van der Waals surface area contributed by atoms with Crippen LogP contribution in [0.15, 0.2) is 61.2 Å². The zero-order valence-electron chi connectivity index (χ0n) is 11.8. The first kappa shape index (κ1) is 15.1. The van der Waals surface area contributed by atoms with Crippen molar-refractivity contribution < 1.29 is 9.53 Å². The number of carbonyl (C=O) groups excluding carboxylic acids is 1. The maximum atomic E-state index is 12.1. The molecule has 0 fully saturated rings. The molecule has 0 N–H and O–H groups in total. The minimum Gasteiger partial charge on any atom is -0.497 e. The molecule has 4 heteroatoms. The molecule has 0 spiro atoms. The summed E-state index contributed by atoms with van der Waals surface area (Å²) in [5.41, 5.74) is 1.64. The lowest BCUT2D eigenvalue weighted by atomic mass is 10.2. The van der Waals surface area contributed by atoms with Crippen molar-refractivity contribution in [3.8, 4) is 5.75 Å². The van der Waals surface area contributed by atoms with Crippen LogP contribution in [-0.2, 0) is 11.3 Å². The Bertz CT molecular complexity index is 637. The molecular weight excluding hydrogens is 286 g/mol. The number of para-hydroxylation sites is 1. The highest BCUT2D eigenvalue weighted by Gasteiger charge is 2.16. The molecule has 1 amide bonds. The van der Waals surface area contributed by atoms with Gasteiger partial charge in [-0.05, 0) is 35.9 Å². The highest BCUT2D eigenvalue weighted by molar-refractivity contribution is 6.33. The van der Waals surface area contributed by atoms with Crippen LogP contribution in [0.1, 0.15) is 5.56 Å². The summed E-state index contributed by atoms with van der Waals surface area (Å²) in [5.74, 6) is 0.581. The predicted octanol–water partition coefficient (Wildman–Crippen LogP) is 4.07. The monoisotopic (exact) mass is 301 g/mol. The van der Waals surface area contributed by atoms with Gasteiger partial charge < -0.3 is 9.64 Å². The number of amides is 1. The first-order valence-corrected chi connectivity index (χ1v) is 6.85. The number of halogens is 1. The van der Waals surface area contributed by atoms with Crippen molar-refractivity contribution in [1.29, 1.82) is 0 Å². The molecule has 108 valence electrons. The second-order valence-electron chi connectivity index (χ2n) is 4.43. The number of nitrogens with zero attached hydrogens (tertiary/aromatic N) is 1. The standard InChI is InChI=1S/C17H16ClNO2/c1-3-17(20)19(16-7-5-4-6-15(16)18)12-13-8-10-14(21-2)11-9-13/h3-11H,1,12H2,2H3. The summed E-state index contributed by atoms with van der Waals surface area (Å²) in [7, 11) is 1.62. The summed E-state index contributed by atoms with van der Waals surface area (Å²) < 4.78 is 5.13. The highest BCUT2D eigenvalue weighted by Crippen LogP contribution is 2.27. The lowest BCUT2D eigenvalue weighted by Gasteiger charge is -2.22. The molecule has 0 bridgehead atoms. The van der Waals surface area contributed by atoms with Gasteiger partial charge in [0, 0.05) is 0 Å². The Hall–Kier alpha value is -2.26. The van der Waals surface area contributed by atoms with Gasteiger partial charge in [-0.25, -0.2) is 0 Å². The van der Waals surface area contributed by atoms with Crippen LogP contribution in [0.5, 0.6) is 5.75 Å². The first-order chi connectivity index (χ1) is 10.2. The molecule has 0 unspecified atom stereocenters. The molecule has 0 radical (unpaired) electrons. The summed E-state index contributed by atoms with van der Waals surface area (Å²) >= 11 is 6.19. The van der Waals surface area contributed by atoms with Crippen LogP contribution in [0, 0.1) is 0 Å². The van der Waals surface area contributed by atoms with E-state index in [0.29, 0.717) is 17.3 Å². The molecule has 0 saturated heterocycles. The Morgan fingerprint density at radius 1 is 1.24 bits per heavy atom. The van der Waals surface area contributed by atoms with Gasteiger partial charge in [-0.15, -0.1) is 0 Å². The summed E-state index contributed by atoms with van der Waals surface area (Å²) in [5, 5.41) is 0.529. The number of anilines is 1. The molecular formula is C17H16ClNO2. The van der Waals surface area contributed by atoms with Gasteiger partial charge in [0.2, 0.25) is 0 Å². The minimum atomic E-state index is -0.195. The summed E-state index contributed by atoms with van der Waals surface area (Å²) in [6, 6.07) is 14.8. The zero-order valence-corrected chi connectivity index (χ0v) is 12.5. The van der Waals surface area contributed by atoms with E-state index in [9.17, 15) is 4.79 Å². The number of hydrogen-bond donors (Lipinski definition) is 0. The van der Waals surface area contributed by atoms with Gasteiger partial charge in [0.25, 0.3) is 5.91 Å². The highest BCUT2D eigenvalue weighted by atomic mass is 35.5. The lowest BCUT2D eigenvalue weighted by molar-refractivity contribution is -0.114. The molecule has 0 aromatic heterocycles. The molecule has 21 heavy (non-hydrogen) atoms. The maximum Gasteiger partial charge on any atom is 0.250 e. The van der Waals surface area contributed by atoms with Crippen molar-refractivity contribution in [2.45, 2.75) is 6.54 Å². The summed E-state index contributed by atoms with van der Waals surface area (Å²) in [4.78, 5) is 13.7. The van der Waals surface area contributed by atoms with Crippen LogP contribution in [-0.4, -0.2) is 13.0 Å². The predicted molar refractivity (Wildman–Crippen MR) is 85.8 cm³/mol. The summed E-state index contributed by atoms with van der Waals surface area (Å²) in [6.07, 6.45) is 1.28. The lowest BCUT2D eigenvalue weighted by Crippen LogP contribution is -2.28. The number of benzene rings is 2. The van der Waals surface area contributed by atoms with E-state index >= 15 is 0 Å². The van der Waals surface area contributed by atoms with Crippen molar-refractivity contribution >= 4 is 23.2 Å².